The highest BCUT2D eigenvalue weighted by atomic mass is 32.2. The lowest BCUT2D eigenvalue weighted by Gasteiger charge is -2.28. The summed E-state index contributed by atoms with van der Waals surface area (Å²) in [6.07, 6.45) is 1.44. The smallest absolute Gasteiger partial charge is 0.224 e. The number of aliphatic hydroxyl groups is 1. The molecule has 0 spiro atoms. The van der Waals surface area contributed by atoms with E-state index in [2.05, 4.69) is 15.0 Å². The van der Waals surface area contributed by atoms with Crippen molar-refractivity contribution in [3.63, 3.8) is 0 Å². The summed E-state index contributed by atoms with van der Waals surface area (Å²) in [4.78, 5) is 12.2. The van der Waals surface area contributed by atoms with Crippen molar-refractivity contribution < 1.29 is 9.84 Å². The summed E-state index contributed by atoms with van der Waals surface area (Å²) in [7, 11) is 0. The molecule has 1 aliphatic heterocycles. The van der Waals surface area contributed by atoms with E-state index in [4.69, 9.17) is 21.3 Å². The summed E-state index contributed by atoms with van der Waals surface area (Å²) >= 11 is 1.66. The number of rotatable bonds is 2. The molecule has 19 heavy (non-hydrogen) atoms. The maximum atomic E-state index is 9.08. The first-order valence-corrected chi connectivity index (χ1v) is 6.83. The molecular weight excluding hydrogens is 268 g/mol. The fraction of sp³-hybridized carbons (Fsp3) is 0.500. The number of hydrogen-bond acceptors (Lipinski definition) is 8. The molecule has 2 aromatic rings. The van der Waals surface area contributed by atoms with Gasteiger partial charge in [-0.05, 0) is 0 Å². The van der Waals surface area contributed by atoms with Crippen LogP contribution in [0.4, 0.5) is 11.8 Å². The Balaban J connectivity index is 1.93. The van der Waals surface area contributed by atoms with Gasteiger partial charge >= 0.3 is 0 Å². The largest absolute Gasteiger partial charge is 0.395 e. The number of aromatic nitrogens is 4. The van der Waals surface area contributed by atoms with Gasteiger partial charge in [0.2, 0.25) is 5.95 Å². The van der Waals surface area contributed by atoms with Gasteiger partial charge in [-0.1, -0.05) is 0 Å². The summed E-state index contributed by atoms with van der Waals surface area (Å²) < 4.78 is 7.51. The van der Waals surface area contributed by atoms with Crippen LogP contribution in [0.25, 0.3) is 11.2 Å². The van der Waals surface area contributed by atoms with Gasteiger partial charge in [-0.3, -0.25) is 4.57 Å². The third kappa shape index (κ3) is 2.20. The Labute approximate surface area is 113 Å². The highest BCUT2D eigenvalue weighted by Crippen LogP contribution is 2.29. The van der Waals surface area contributed by atoms with Gasteiger partial charge < -0.3 is 21.3 Å². The van der Waals surface area contributed by atoms with Crippen molar-refractivity contribution in [2.75, 3.05) is 30.4 Å². The average molecular weight is 282 g/mol. The zero-order chi connectivity index (χ0) is 13.4. The SMILES string of the molecule is Nc1nc(N)c2ncn(C3CSC(CO)CO3)c2n1. The predicted octanol–water partition coefficient (Wildman–Crippen LogP) is -0.386. The molecule has 0 aliphatic carbocycles. The summed E-state index contributed by atoms with van der Waals surface area (Å²) in [6.45, 7) is 0.603. The van der Waals surface area contributed by atoms with Crippen molar-refractivity contribution in [3.8, 4) is 0 Å². The molecule has 0 amide bonds. The van der Waals surface area contributed by atoms with E-state index < -0.39 is 0 Å². The molecule has 3 rings (SSSR count). The van der Waals surface area contributed by atoms with Crippen molar-refractivity contribution in [2.24, 2.45) is 0 Å². The summed E-state index contributed by atoms with van der Waals surface area (Å²) in [5.74, 6) is 1.09. The highest BCUT2D eigenvalue weighted by molar-refractivity contribution is 8.00. The van der Waals surface area contributed by atoms with Crippen LogP contribution in [0.1, 0.15) is 6.23 Å². The minimum atomic E-state index is -0.188. The monoisotopic (exact) mass is 282 g/mol. The standard InChI is InChI=1S/C10H14N6O2S/c11-8-7-9(15-10(12)14-8)16(4-13-7)6-3-19-5(1-17)2-18-6/h4-6,17H,1-3H2,(H4,11,12,14,15). The van der Waals surface area contributed by atoms with E-state index in [1.54, 1.807) is 22.7 Å². The van der Waals surface area contributed by atoms with Gasteiger partial charge in [0.1, 0.15) is 11.7 Å². The second-order valence-corrected chi connectivity index (χ2v) is 5.55. The number of imidazole rings is 1. The van der Waals surface area contributed by atoms with Gasteiger partial charge in [0.05, 0.1) is 24.8 Å². The zero-order valence-corrected chi connectivity index (χ0v) is 10.9. The van der Waals surface area contributed by atoms with E-state index in [1.807, 2.05) is 0 Å². The Bertz CT molecular complexity index is 595. The fourth-order valence-electron chi connectivity index (χ4n) is 1.97. The van der Waals surface area contributed by atoms with E-state index in [9.17, 15) is 0 Å². The molecule has 1 aliphatic rings. The number of thioether (sulfide) groups is 1. The number of ether oxygens (including phenoxy) is 1. The van der Waals surface area contributed by atoms with E-state index in [-0.39, 0.29) is 29.9 Å². The number of anilines is 2. The van der Waals surface area contributed by atoms with Crippen LogP contribution < -0.4 is 11.5 Å². The maximum absolute atomic E-state index is 9.08. The van der Waals surface area contributed by atoms with Crippen LogP contribution in [0, 0.1) is 0 Å². The number of hydrogen-bond donors (Lipinski definition) is 3. The third-order valence-electron chi connectivity index (χ3n) is 2.93. The molecule has 5 N–H and O–H groups in total. The van der Waals surface area contributed by atoms with Gasteiger partial charge in [0.25, 0.3) is 0 Å². The molecule has 102 valence electrons. The topological polar surface area (TPSA) is 125 Å². The fourth-order valence-corrected chi connectivity index (χ4v) is 2.94. The van der Waals surface area contributed by atoms with Gasteiger partial charge in [-0.25, -0.2) is 4.98 Å². The first-order chi connectivity index (χ1) is 9.19. The third-order valence-corrected chi connectivity index (χ3v) is 4.16. The number of nitrogen functional groups attached to an aromatic ring is 2. The van der Waals surface area contributed by atoms with E-state index >= 15 is 0 Å². The highest BCUT2D eigenvalue weighted by Gasteiger charge is 2.25. The molecule has 2 atom stereocenters. The van der Waals surface area contributed by atoms with Crippen molar-refractivity contribution in [1.82, 2.24) is 19.5 Å². The van der Waals surface area contributed by atoms with Crippen molar-refractivity contribution >= 4 is 34.7 Å². The second kappa shape index (κ2) is 4.83. The molecule has 0 radical (unpaired) electrons. The van der Waals surface area contributed by atoms with Crippen LogP contribution >= 0.6 is 11.8 Å². The molecule has 0 saturated carbocycles. The van der Waals surface area contributed by atoms with Gasteiger partial charge in [0.15, 0.2) is 11.5 Å². The van der Waals surface area contributed by atoms with E-state index in [0.717, 1.165) is 0 Å². The molecule has 9 heteroatoms. The number of fused-ring (bicyclic) bond motifs is 1. The first-order valence-electron chi connectivity index (χ1n) is 5.78. The Hall–Kier alpha value is -1.58. The molecule has 0 bridgehead atoms. The van der Waals surface area contributed by atoms with Crippen molar-refractivity contribution in [2.45, 2.75) is 11.5 Å². The van der Waals surface area contributed by atoms with Crippen LogP contribution in [0.3, 0.4) is 0 Å². The Morgan fingerprint density at radius 3 is 3.00 bits per heavy atom. The quantitative estimate of drug-likeness (QED) is 0.680. The number of aliphatic hydroxyl groups excluding tert-OH is 1. The van der Waals surface area contributed by atoms with Crippen LogP contribution in [-0.4, -0.2) is 48.8 Å². The lowest BCUT2D eigenvalue weighted by Crippen LogP contribution is -2.29. The molecule has 1 saturated heterocycles. The Morgan fingerprint density at radius 2 is 2.32 bits per heavy atom. The molecule has 1 fully saturated rings. The van der Waals surface area contributed by atoms with Crippen molar-refractivity contribution in [3.05, 3.63) is 6.33 Å². The number of nitrogens with two attached hydrogens (primary N) is 2. The minimum absolute atomic E-state index is 0.114. The van der Waals surface area contributed by atoms with E-state index in [0.29, 0.717) is 23.5 Å². The first kappa shape index (κ1) is 12.5. The number of nitrogens with zero attached hydrogens (tertiary/aromatic N) is 4. The Kier molecular flexibility index (Phi) is 3.17. The normalized spacial score (nSPS) is 23.8. The molecule has 0 aromatic carbocycles. The lowest BCUT2D eigenvalue weighted by molar-refractivity contribution is 0.0101. The van der Waals surface area contributed by atoms with Crippen LogP contribution in [-0.2, 0) is 4.74 Å². The predicted molar refractivity (Wildman–Crippen MR) is 72.5 cm³/mol. The molecular formula is C10H14N6O2S. The molecule has 8 nitrogen and oxygen atoms in total. The van der Waals surface area contributed by atoms with Gasteiger partial charge in [-0.2, -0.15) is 9.97 Å². The molecule has 2 unspecified atom stereocenters. The van der Waals surface area contributed by atoms with Crippen molar-refractivity contribution in [1.29, 1.82) is 0 Å². The van der Waals surface area contributed by atoms with Gasteiger partial charge in [-0.15, -0.1) is 11.8 Å². The summed E-state index contributed by atoms with van der Waals surface area (Å²) in [5.41, 5.74) is 12.4. The average Bonchev–Trinajstić information content (AvgIpc) is 2.83. The molecule has 3 heterocycles. The summed E-state index contributed by atoms with van der Waals surface area (Å²) in [5, 5.41) is 9.20. The van der Waals surface area contributed by atoms with Crippen LogP contribution in [0.2, 0.25) is 0 Å². The molecule has 2 aromatic heterocycles. The lowest BCUT2D eigenvalue weighted by atomic mass is 10.4. The maximum Gasteiger partial charge on any atom is 0.224 e. The van der Waals surface area contributed by atoms with Crippen LogP contribution in [0.5, 0.6) is 0 Å². The van der Waals surface area contributed by atoms with Gasteiger partial charge in [0, 0.05) is 5.75 Å². The zero-order valence-electron chi connectivity index (χ0n) is 10.1. The minimum Gasteiger partial charge on any atom is -0.395 e. The van der Waals surface area contributed by atoms with E-state index in [1.165, 1.54) is 0 Å². The second-order valence-electron chi connectivity index (χ2n) is 4.22. The summed E-state index contributed by atoms with van der Waals surface area (Å²) in [6, 6.07) is 0. The Morgan fingerprint density at radius 1 is 1.47 bits per heavy atom. The van der Waals surface area contributed by atoms with Crippen LogP contribution in [0.15, 0.2) is 6.33 Å².